The van der Waals surface area contributed by atoms with Gasteiger partial charge >= 0.3 is 0 Å². The molecule has 1 fully saturated rings. The molecule has 0 radical (unpaired) electrons. The van der Waals surface area contributed by atoms with E-state index in [0.717, 1.165) is 45.1 Å². The predicted molar refractivity (Wildman–Crippen MR) is 73.0 cm³/mol. The minimum absolute atomic E-state index is 0.138. The quantitative estimate of drug-likeness (QED) is 0.645. The van der Waals surface area contributed by atoms with Crippen LogP contribution in [-0.4, -0.2) is 30.2 Å². The number of carbonyl (C=O) groups excluding carboxylic acids is 1. The Labute approximate surface area is 110 Å². The van der Waals surface area contributed by atoms with Gasteiger partial charge < -0.3 is 16.2 Å². The number of aliphatic hydroxyl groups excluding tert-OH is 1. The van der Waals surface area contributed by atoms with E-state index in [1.807, 2.05) is 0 Å². The van der Waals surface area contributed by atoms with Gasteiger partial charge in [0.1, 0.15) is 0 Å². The molecule has 4 N–H and O–H groups in total. The smallest absolute Gasteiger partial charge is 0.220 e. The summed E-state index contributed by atoms with van der Waals surface area (Å²) in [7, 11) is 0. The second-order valence-electron chi connectivity index (χ2n) is 5.71. The Morgan fingerprint density at radius 1 is 1.44 bits per heavy atom. The van der Waals surface area contributed by atoms with Crippen LogP contribution < -0.4 is 11.1 Å². The lowest BCUT2D eigenvalue weighted by Crippen LogP contribution is -2.33. The molecule has 0 aromatic rings. The molecule has 4 heteroatoms. The lowest BCUT2D eigenvalue weighted by molar-refractivity contribution is -0.121. The Morgan fingerprint density at radius 2 is 2.22 bits per heavy atom. The molecule has 0 aromatic carbocycles. The molecule has 0 heterocycles. The van der Waals surface area contributed by atoms with E-state index in [1.54, 1.807) is 0 Å². The standard InChI is InChI=1S/C14H28N2O2/c1-11(7-8-15)5-6-14(18)16-10-12-3-2-4-13(17)9-12/h11-13,17H,2-10,15H2,1H3,(H,16,18). The predicted octanol–water partition coefficient (Wildman–Crippen LogP) is 1.42. The zero-order valence-corrected chi connectivity index (χ0v) is 11.5. The molecule has 0 aliphatic heterocycles. The Morgan fingerprint density at radius 3 is 2.89 bits per heavy atom. The highest BCUT2D eigenvalue weighted by atomic mass is 16.3. The Bertz CT molecular complexity index is 246. The summed E-state index contributed by atoms with van der Waals surface area (Å²) in [6.07, 6.45) is 6.29. The van der Waals surface area contributed by atoms with Crippen LogP contribution in [0.1, 0.15) is 51.9 Å². The number of hydrogen-bond donors (Lipinski definition) is 3. The van der Waals surface area contributed by atoms with Crippen molar-refractivity contribution in [3.63, 3.8) is 0 Å². The van der Waals surface area contributed by atoms with Crippen molar-refractivity contribution in [3.8, 4) is 0 Å². The second kappa shape index (κ2) is 8.48. The molecule has 18 heavy (non-hydrogen) atoms. The fraction of sp³-hybridized carbons (Fsp3) is 0.929. The van der Waals surface area contributed by atoms with Gasteiger partial charge in [0.15, 0.2) is 0 Å². The van der Waals surface area contributed by atoms with Crippen LogP contribution in [0.4, 0.5) is 0 Å². The number of carbonyl (C=O) groups is 1. The van der Waals surface area contributed by atoms with Crippen molar-refractivity contribution in [2.75, 3.05) is 13.1 Å². The van der Waals surface area contributed by atoms with E-state index in [4.69, 9.17) is 5.73 Å². The van der Waals surface area contributed by atoms with Crippen molar-refractivity contribution in [1.82, 2.24) is 5.32 Å². The summed E-state index contributed by atoms with van der Waals surface area (Å²) in [5.41, 5.74) is 5.48. The van der Waals surface area contributed by atoms with Crippen LogP contribution in [-0.2, 0) is 4.79 Å². The van der Waals surface area contributed by atoms with Gasteiger partial charge in [0.05, 0.1) is 6.10 Å². The maximum absolute atomic E-state index is 11.7. The second-order valence-corrected chi connectivity index (χ2v) is 5.71. The fourth-order valence-electron chi connectivity index (χ4n) is 2.60. The van der Waals surface area contributed by atoms with E-state index in [2.05, 4.69) is 12.2 Å². The van der Waals surface area contributed by atoms with E-state index in [9.17, 15) is 9.90 Å². The summed E-state index contributed by atoms with van der Waals surface area (Å²) in [6.45, 7) is 3.56. The third kappa shape index (κ3) is 6.36. The van der Waals surface area contributed by atoms with Gasteiger partial charge in [-0.1, -0.05) is 13.3 Å². The number of nitrogens with one attached hydrogen (secondary N) is 1. The largest absolute Gasteiger partial charge is 0.393 e. The summed E-state index contributed by atoms with van der Waals surface area (Å²) < 4.78 is 0. The van der Waals surface area contributed by atoms with Gasteiger partial charge in [0.25, 0.3) is 0 Å². The summed E-state index contributed by atoms with van der Waals surface area (Å²) in [5, 5.41) is 12.5. The molecule has 1 aliphatic rings. The minimum Gasteiger partial charge on any atom is -0.393 e. The molecule has 1 aliphatic carbocycles. The van der Waals surface area contributed by atoms with Crippen LogP contribution in [0.25, 0.3) is 0 Å². The lowest BCUT2D eigenvalue weighted by atomic mass is 9.87. The summed E-state index contributed by atoms with van der Waals surface area (Å²) in [5.74, 6) is 1.12. The first-order valence-corrected chi connectivity index (χ1v) is 7.26. The van der Waals surface area contributed by atoms with Gasteiger partial charge in [0, 0.05) is 13.0 Å². The molecule has 0 bridgehead atoms. The van der Waals surface area contributed by atoms with Gasteiger partial charge in [-0.05, 0) is 50.5 Å². The number of hydrogen-bond acceptors (Lipinski definition) is 3. The zero-order valence-electron chi connectivity index (χ0n) is 11.5. The molecule has 106 valence electrons. The minimum atomic E-state index is -0.162. The average molecular weight is 256 g/mol. The first-order chi connectivity index (χ1) is 8.61. The van der Waals surface area contributed by atoms with Crippen molar-refractivity contribution >= 4 is 5.91 Å². The molecule has 3 unspecified atom stereocenters. The molecule has 1 amide bonds. The number of rotatable bonds is 7. The third-order valence-corrected chi connectivity index (χ3v) is 3.87. The third-order valence-electron chi connectivity index (χ3n) is 3.87. The van der Waals surface area contributed by atoms with Crippen LogP contribution in [0.2, 0.25) is 0 Å². The molecular weight excluding hydrogens is 228 g/mol. The van der Waals surface area contributed by atoms with Crippen LogP contribution in [0.3, 0.4) is 0 Å². The highest BCUT2D eigenvalue weighted by Crippen LogP contribution is 2.23. The van der Waals surface area contributed by atoms with E-state index in [1.165, 1.54) is 0 Å². The zero-order chi connectivity index (χ0) is 13.4. The Hall–Kier alpha value is -0.610. The van der Waals surface area contributed by atoms with Crippen molar-refractivity contribution in [3.05, 3.63) is 0 Å². The maximum atomic E-state index is 11.7. The summed E-state index contributed by atoms with van der Waals surface area (Å²) >= 11 is 0. The Kier molecular flexibility index (Phi) is 7.28. The van der Waals surface area contributed by atoms with Crippen molar-refractivity contribution in [2.24, 2.45) is 17.6 Å². The normalized spacial score (nSPS) is 25.7. The maximum Gasteiger partial charge on any atom is 0.220 e. The first kappa shape index (κ1) is 15.4. The van der Waals surface area contributed by atoms with E-state index in [0.29, 0.717) is 24.8 Å². The van der Waals surface area contributed by atoms with Gasteiger partial charge in [-0.15, -0.1) is 0 Å². The van der Waals surface area contributed by atoms with Crippen LogP contribution in [0, 0.1) is 11.8 Å². The van der Waals surface area contributed by atoms with E-state index < -0.39 is 0 Å². The fourth-order valence-corrected chi connectivity index (χ4v) is 2.60. The topological polar surface area (TPSA) is 75.4 Å². The van der Waals surface area contributed by atoms with Gasteiger partial charge in [0.2, 0.25) is 5.91 Å². The molecule has 0 spiro atoms. The molecule has 0 aromatic heterocycles. The van der Waals surface area contributed by atoms with Gasteiger partial charge in [-0.2, -0.15) is 0 Å². The first-order valence-electron chi connectivity index (χ1n) is 7.26. The number of nitrogens with two attached hydrogens (primary N) is 1. The highest BCUT2D eigenvalue weighted by molar-refractivity contribution is 5.75. The monoisotopic (exact) mass is 256 g/mol. The average Bonchev–Trinajstić information content (AvgIpc) is 2.34. The van der Waals surface area contributed by atoms with Crippen molar-refractivity contribution < 1.29 is 9.90 Å². The lowest BCUT2D eigenvalue weighted by Gasteiger charge is -2.25. The molecule has 1 saturated carbocycles. The van der Waals surface area contributed by atoms with Crippen LogP contribution in [0.5, 0.6) is 0 Å². The molecule has 1 rings (SSSR count). The molecular formula is C14H28N2O2. The van der Waals surface area contributed by atoms with Gasteiger partial charge in [-0.25, -0.2) is 0 Å². The van der Waals surface area contributed by atoms with Crippen LogP contribution in [0.15, 0.2) is 0 Å². The van der Waals surface area contributed by atoms with Gasteiger partial charge in [-0.3, -0.25) is 4.79 Å². The SMILES string of the molecule is CC(CCN)CCC(=O)NCC1CCCC(O)C1. The van der Waals surface area contributed by atoms with Crippen LogP contribution >= 0.6 is 0 Å². The summed E-state index contributed by atoms with van der Waals surface area (Å²) in [4.78, 5) is 11.7. The Balaban J connectivity index is 2.09. The molecule has 3 atom stereocenters. The number of amides is 1. The van der Waals surface area contributed by atoms with Crippen molar-refractivity contribution in [1.29, 1.82) is 0 Å². The van der Waals surface area contributed by atoms with E-state index >= 15 is 0 Å². The molecule has 4 nitrogen and oxygen atoms in total. The van der Waals surface area contributed by atoms with Crippen molar-refractivity contribution in [2.45, 2.75) is 58.0 Å². The van der Waals surface area contributed by atoms with E-state index in [-0.39, 0.29) is 12.0 Å². The highest BCUT2D eigenvalue weighted by Gasteiger charge is 2.20. The number of aliphatic hydroxyl groups is 1. The summed E-state index contributed by atoms with van der Waals surface area (Å²) in [6, 6.07) is 0. The molecule has 0 saturated heterocycles.